The van der Waals surface area contributed by atoms with Crippen LogP contribution in [0.15, 0.2) is 53.4 Å². The Balaban J connectivity index is 1.98. The lowest BCUT2D eigenvalue weighted by molar-refractivity contribution is -0.137. The maximum Gasteiger partial charge on any atom is 0.416 e. The fourth-order valence-corrected chi connectivity index (χ4v) is 4.88. The first-order chi connectivity index (χ1) is 14.1. The van der Waals surface area contributed by atoms with Crippen molar-refractivity contribution in [2.45, 2.75) is 49.7 Å². The third kappa shape index (κ3) is 5.13. The number of hydrogen-bond acceptors (Lipinski definition) is 3. The van der Waals surface area contributed by atoms with Crippen molar-refractivity contribution in [3.8, 4) is 0 Å². The zero-order chi connectivity index (χ0) is 21.9. The molecule has 0 atom stereocenters. The molecule has 30 heavy (non-hydrogen) atoms. The van der Waals surface area contributed by atoms with E-state index < -0.39 is 34.2 Å². The molecule has 0 bridgehead atoms. The van der Waals surface area contributed by atoms with E-state index in [4.69, 9.17) is 0 Å². The molecule has 9 heteroatoms. The van der Waals surface area contributed by atoms with E-state index in [2.05, 4.69) is 5.32 Å². The highest BCUT2D eigenvalue weighted by Gasteiger charge is 2.33. The van der Waals surface area contributed by atoms with E-state index in [-0.39, 0.29) is 16.6 Å². The minimum absolute atomic E-state index is 0.0389. The molecule has 0 unspecified atom stereocenters. The summed E-state index contributed by atoms with van der Waals surface area (Å²) in [6.45, 7) is 1.18. The summed E-state index contributed by atoms with van der Waals surface area (Å²) in [4.78, 5) is 12.5. The first-order valence-electron chi connectivity index (χ1n) is 9.63. The standard InChI is InChI=1S/C21H23F3N2O3S/c1-15-9-11-19(12-10-15)30(28,29)26(14-20(27)25-17-6-2-3-7-17)18-8-4-5-16(13-18)21(22,23)24/h4-5,8-13,17H,2-3,6-7,14H2,1H3,(H,25,27). The zero-order valence-corrected chi connectivity index (χ0v) is 17.3. The molecule has 2 aromatic rings. The third-order valence-electron chi connectivity index (χ3n) is 5.08. The van der Waals surface area contributed by atoms with Crippen LogP contribution in [-0.2, 0) is 21.0 Å². The molecule has 0 heterocycles. The summed E-state index contributed by atoms with van der Waals surface area (Å²) in [7, 11) is -4.26. The van der Waals surface area contributed by atoms with E-state index in [1.807, 2.05) is 0 Å². The summed E-state index contributed by atoms with van der Waals surface area (Å²) in [6.07, 6.45) is -1.07. The van der Waals surface area contributed by atoms with Crippen molar-refractivity contribution in [2.24, 2.45) is 0 Å². The average Bonchev–Trinajstić information content (AvgIpc) is 3.19. The van der Waals surface area contributed by atoms with Gasteiger partial charge >= 0.3 is 6.18 Å². The number of sulfonamides is 1. The molecule has 1 aliphatic carbocycles. The van der Waals surface area contributed by atoms with Crippen LogP contribution in [-0.4, -0.2) is 26.9 Å². The molecule has 0 radical (unpaired) electrons. The normalized spacial score (nSPS) is 15.2. The average molecular weight is 440 g/mol. The number of aryl methyl sites for hydroxylation is 1. The van der Waals surface area contributed by atoms with Crippen LogP contribution < -0.4 is 9.62 Å². The Labute approximate surface area is 173 Å². The summed E-state index contributed by atoms with van der Waals surface area (Å²) in [5.74, 6) is -0.546. The van der Waals surface area contributed by atoms with Gasteiger partial charge < -0.3 is 5.32 Å². The van der Waals surface area contributed by atoms with Gasteiger partial charge in [0.15, 0.2) is 0 Å². The molecule has 0 aliphatic heterocycles. The van der Waals surface area contributed by atoms with Crippen molar-refractivity contribution in [1.29, 1.82) is 0 Å². The smallest absolute Gasteiger partial charge is 0.352 e. The number of halogens is 3. The molecule has 1 saturated carbocycles. The summed E-state index contributed by atoms with van der Waals surface area (Å²) < 4.78 is 66.8. The molecule has 5 nitrogen and oxygen atoms in total. The number of anilines is 1. The fraction of sp³-hybridized carbons (Fsp3) is 0.381. The van der Waals surface area contributed by atoms with Gasteiger partial charge in [-0.15, -0.1) is 0 Å². The van der Waals surface area contributed by atoms with Crippen LogP contribution in [0.2, 0.25) is 0 Å². The van der Waals surface area contributed by atoms with Gasteiger partial charge in [-0.2, -0.15) is 13.2 Å². The highest BCUT2D eigenvalue weighted by atomic mass is 32.2. The van der Waals surface area contributed by atoms with E-state index in [0.717, 1.165) is 53.8 Å². The van der Waals surface area contributed by atoms with E-state index >= 15 is 0 Å². The van der Waals surface area contributed by atoms with Crippen LogP contribution in [0.3, 0.4) is 0 Å². The van der Waals surface area contributed by atoms with E-state index in [9.17, 15) is 26.4 Å². The molecule has 1 aliphatic rings. The fourth-order valence-electron chi connectivity index (χ4n) is 3.46. The Morgan fingerprint density at radius 3 is 2.33 bits per heavy atom. The number of amides is 1. The van der Waals surface area contributed by atoms with Gasteiger partial charge in [0.25, 0.3) is 10.0 Å². The van der Waals surface area contributed by atoms with Gasteiger partial charge in [0.1, 0.15) is 6.54 Å². The molecule has 1 N–H and O–H groups in total. The number of nitrogens with zero attached hydrogens (tertiary/aromatic N) is 1. The van der Waals surface area contributed by atoms with Gasteiger partial charge in [0, 0.05) is 6.04 Å². The lowest BCUT2D eigenvalue weighted by atomic mass is 10.2. The Morgan fingerprint density at radius 2 is 1.73 bits per heavy atom. The summed E-state index contributed by atoms with van der Waals surface area (Å²) in [6, 6.07) is 9.89. The lowest BCUT2D eigenvalue weighted by Gasteiger charge is -2.25. The second kappa shape index (κ2) is 8.67. The minimum atomic E-state index is -4.64. The first kappa shape index (κ1) is 22.1. The SMILES string of the molecule is Cc1ccc(S(=O)(=O)N(CC(=O)NC2CCCC2)c2cccc(C(F)(F)F)c2)cc1. The topological polar surface area (TPSA) is 66.5 Å². The van der Waals surface area contributed by atoms with Gasteiger partial charge in [-0.05, 0) is 50.1 Å². The second-order valence-electron chi connectivity index (χ2n) is 7.42. The molecule has 162 valence electrons. The van der Waals surface area contributed by atoms with Crippen molar-refractivity contribution in [1.82, 2.24) is 5.32 Å². The van der Waals surface area contributed by atoms with Crippen LogP contribution in [0.25, 0.3) is 0 Å². The highest BCUT2D eigenvalue weighted by Crippen LogP contribution is 2.33. The molecule has 0 spiro atoms. The van der Waals surface area contributed by atoms with Crippen LogP contribution in [0.1, 0.15) is 36.8 Å². The largest absolute Gasteiger partial charge is 0.416 e. The van der Waals surface area contributed by atoms with Crippen LogP contribution in [0, 0.1) is 6.92 Å². The number of alkyl halides is 3. The van der Waals surface area contributed by atoms with Crippen LogP contribution in [0.5, 0.6) is 0 Å². The molecular weight excluding hydrogens is 417 g/mol. The summed E-state index contributed by atoms with van der Waals surface area (Å²) >= 11 is 0. The monoisotopic (exact) mass is 440 g/mol. The van der Waals surface area contributed by atoms with Gasteiger partial charge in [-0.1, -0.05) is 36.6 Å². The number of carbonyl (C=O) groups is 1. The summed E-state index contributed by atoms with van der Waals surface area (Å²) in [5, 5.41) is 2.79. The lowest BCUT2D eigenvalue weighted by Crippen LogP contribution is -2.43. The predicted molar refractivity (Wildman–Crippen MR) is 108 cm³/mol. The number of rotatable bonds is 6. The second-order valence-corrected chi connectivity index (χ2v) is 9.28. The van der Waals surface area contributed by atoms with Crippen LogP contribution in [0.4, 0.5) is 18.9 Å². The van der Waals surface area contributed by atoms with Gasteiger partial charge in [0.2, 0.25) is 5.91 Å². The van der Waals surface area contributed by atoms with Crippen molar-refractivity contribution < 1.29 is 26.4 Å². The van der Waals surface area contributed by atoms with Crippen molar-refractivity contribution in [3.05, 3.63) is 59.7 Å². The zero-order valence-electron chi connectivity index (χ0n) is 16.4. The number of benzene rings is 2. The molecule has 0 saturated heterocycles. The Kier molecular flexibility index (Phi) is 6.40. The first-order valence-corrected chi connectivity index (χ1v) is 11.1. The van der Waals surface area contributed by atoms with Gasteiger partial charge in [-0.3, -0.25) is 9.10 Å². The van der Waals surface area contributed by atoms with Gasteiger partial charge in [0.05, 0.1) is 16.1 Å². The molecule has 1 amide bonds. The Bertz CT molecular complexity index is 999. The molecular formula is C21H23F3N2O3S. The van der Waals surface area contributed by atoms with E-state index in [1.54, 1.807) is 19.1 Å². The third-order valence-corrected chi connectivity index (χ3v) is 6.87. The Hall–Kier alpha value is -2.55. The molecule has 3 rings (SSSR count). The highest BCUT2D eigenvalue weighted by molar-refractivity contribution is 7.92. The van der Waals surface area contributed by atoms with Gasteiger partial charge in [-0.25, -0.2) is 8.42 Å². The van der Waals surface area contributed by atoms with E-state index in [0.29, 0.717) is 0 Å². The predicted octanol–water partition coefficient (Wildman–Crippen LogP) is 4.27. The number of nitrogens with one attached hydrogen (secondary N) is 1. The number of hydrogen-bond donors (Lipinski definition) is 1. The molecule has 1 fully saturated rings. The van der Waals surface area contributed by atoms with Crippen molar-refractivity contribution >= 4 is 21.6 Å². The summed E-state index contributed by atoms with van der Waals surface area (Å²) in [5.41, 5.74) is -0.370. The molecule has 2 aromatic carbocycles. The maximum absolute atomic E-state index is 13.2. The Morgan fingerprint density at radius 1 is 1.10 bits per heavy atom. The minimum Gasteiger partial charge on any atom is -0.352 e. The van der Waals surface area contributed by atoms with E-state index in [1.165, 1.54) is 18.2 Å². The van der Waals surface area contributed by atoms with Crippen molar-refractivity contribution in [2.75, 3.05) is 10.8 Å². The van der Waals surface area contributed by atoms with Crippen LogP contribution >= 0.6 is 0 Å². The number of carbonyl (C=O) groups excluding carboxylic acids is 1. The molecule has 0 aromatic heterocycles. The van der Waals surface area contributed by atoms with Crippen molar-refractivity contribution in [3.63, 3.8) is 0 Å². The maximum atomic E-state index is 13.2. The quantitative estimate of drug-likeness (QED) is 0.730.